The molecule has 0 bridgehead atoms. The number of rotatable bonds is 2. The molecule has 0 N–H and O–H groups in total. The third kappa shape index (κ3) is 2.53. The maximum Gasteiger partial charge on any atom is 0.323 e. The van der Waals surface area contributed by atoms with Crippen molar-refractivity contribution in [3.8, 4) is 0 Å². The largest absolute Gasteiger partial charge is 0.395 e. The number of hydrogen-bond acceptors (Lipinski definition) is 6. The summed E-state index contributed by atoms with van der Waals surface area (Å²) < 4.78 is 7.91. The van der Waals surface area contributed by atoms with Crippen molar-refractivity contribution in [2.75, 3.05) is 0 Å². The van der Waals surface area contributed by atoms with E-state index in [2.05, 4.69) is 34.2 Å². The van der Waals surface area contributed by atoms with Crippen molar-refractivity contribution in [1.82, 2.24) is 0 Å². The Balaban J connectivity index is 3.94. The SMILES string of the molecule is BC(C(=O)OS)C(=O)OS. The molecule has 0 fully saturated rings. The van der Waals surface area contributed by atoms with Gasteiger partial charge in [-0.1, -0.05) is 0 Å². The van der Waals surface area contributed by atoms with E-state index in [9.17, 15) is 9.59 Å². The Morgan fingerprint density at radius 3 is 1.70 bits per heavy atom. The average molecular weight is 180 g/mol. The monoisotopic (exact) mass is 180 g/mol. The molecular weight excluding hydrogens is 175 g/mol. The minimum atomic E-state index is -0.977. The van der Waals surface area contributed by atoms with E-state index in [0.717, 1.165) is 0 Å². The summed E-state index contributed by atoms with van der Waals surface area (Å²) >= 11 is 6.41. The molecule has 0 spiro atoms. The Morgan fingerprint density at radius 1 is 1.20 bits per heavy atom. The summed E-state index contributed by atoms with van der Waals surface area (Å²) in [7, 11) is 1.33. The van der Waals surface area contributed by atoms with Crippen LogP contribution in [0.4, 0.5) is 0 Å². The first-order chi connectivity index (χ1) is 4.63. The van der Waals surface area contributed by atoms with Crippen molar-refractivity contribution in [3.63, 3.8) is 0 Å². The second-order valence-corrected chi connectivity index (χ2v) is 1.91. The van der Waals surface area contributed by atoms with Crippen LogP contribution in [0, 0.1) is 0 Å². The zero-order chi connectivity index (χ0) is 8.15. The predicted molar refractivity (Wildman–Crippen MR) is 42.5 cm³/mol. The highest BCUT2D eigenvalue weighted by Gasteiger charge is 2.23. The lowest BCUT2D eigenvalue weighted by molar-refractivity contribution is -0.142. The fraction of sp³-hybridized carbons (Fsp3) is 0.333. The Bertz CT molecular complexity index is 133. The van der Waals surface area contributed by atoms with Crippen LogP contribution in [0.5, 0.6) is 0 Å². The highest BCUT2D eigenvalue weighted by molar-refractivity contribution is 7.75. The Hall–Kier alpha value is -0.295. The van der Waals surface area contributed by atoms with Crippen LogP contribution in [0.2, 0.25) is 5.82 Å². The lowest BCUT2D eigenvalue weighted by Gasteiger charge is -2.02. The molecule has 0 aromatic rings. The van der Waals surface area contributed by atoms with Gasteiger partial charge in [-0.25, -0.2) is 0 Å². The fourth-order valence-corrected chi connectivity index (χ4v) is 0.571. The molecule has 0 aromatic heterocycles. The van der Waals surface area contributed by atoms with E-state index in [1.807, 2.05) is 0 Å². The molecule has 0 amide bonds. The molecule has 56 valence electrons. The van der Waals surface area contributed by atoms with Crippen LogP contribution >= 0.6 is 25.8 Å². The zero-order valence-electron chi connectivity index (χ0n) is 5.10. The van der Waals surface area contributed by atoms with Crippen molar-refractivity contribution >= 4 is 45.6 Å². The molecule has 0 aliphatic carbocycles. The quantitative estimate of drug-likeness (QED) is 0.252. The minimum absolute atomic E-state index is 0.762. The minimum Gasteiger partial charge on any atom is -0.395 e. The second kappa shape index (κ2) is 4.51. The van der Waals surface area contributed by atoms with Crippen LogP contribution in [0.25, 0.3) is 0 Å². The van der Waals surface area contributed by atoms with Crippen LogP contribution in [0.15, 0.2) is 0 Å². The van der Waals surface area contributed by atoms with Crippen molar-refractivity contribution < 1.29 is 18.0 Å². The highest BCUT2D eigenvalue weighted by atomic mass is 32.1. The molecule has 0 heterocycles. The normalized spacial score (nSPS) is 9.10. The van der Waals surface area contributed by atoms with Gasteiger partial charge in [-0.3, -0.25) is 9.59 Å². The molecule has 0 aliphatic rings. The number of thiol groups is 2. The lowest BCUT2D eigenvalue weighted by Crippen LogP contribution is -2.18. The lowest BCUT2D eigenvalue weighted by atomic mass is 9.88. The van der Waals surface area contributed by atoms with Gasteiger partial charge in [-0.05, 0) is 0 Å². The topological polar surface area (TPSA) is 52.6 Å². The maximum absolute atomic E-state index is 10.5. The molecule has 0 aliphatic heterocycles. The van der Waals surface area contributed by atoms with Crippen LogP contribution in [-0.4, -0.2) is 19.8 Å². The summed E-state index contributed by atoms with van der Waals surface area (Å²) in [6.45, 7) is 0. The van der Waals surface area contributed by atoms with Gasteiger partial charge in [0.25, 0.3) is 0 Å². The molecule has 0 saturated carbocycles. The van der Waals surface area contributed by atoms with E-state index in [4.69, 9.17) is 0 Å². The summed E-state index contributed by atoms with van der Waals surface area (Å²) in [4.78, 5) is 21.0. The fourth-order valence-electron chi connectivity index (χ4n) is 0.254. The van der Waals surface area contributed by atoms with Crippen molar-refractivity contribution in [3.05, 3.63) is 0 Å². The number of carbonyl (C=O) groups is 2. The van der Waals surface area contributed by atoms with E-state index in [1.54, 1.807) is 0 Å². The third-order valence-corrected chi connectivity index (χ3v) is 1.25. The van der Waals surface area contributed by atoms with Gasteiger partial charge in [-0.15, -0.1) is 0 Å². The van der Waals surface area contributed by atoms with Gasteiger partial charge in [0.15, 0.2) is 0 Å². The van der Waals surface area contributed by atoms with Crippen molar-refractivity contribution in [1.29, 1.82) is 0 Å². The Kier molecular flexibility index (Phi) is 4.38. The molecule has 0 rings (SSSR count). The summed E-state index contributed by atoms with van der Waals surface area (Å²) in [5, 5.41) is 0. The summed E-state index contributed by atoms with van der Waals surface area (Å²) in [6.07, 6.45) is 0. The molecule has 0 aromatic carbocycles. The summed E-state index contributed by atoms with van der Waals surface area (Å²) in [5.74, 6) is -2.50. The molecule has 4 nitrogen and oxygen atoms in total. The van der Waals surface area contributed by atoms with Gasteiger partial charge in [0.05, 0.1) is 0 Å². The molecule has 0 atom stereocenters. The first-order valence-electron chi connectivity index (χ1n) is 2.34. The van der Waals surface area contributed by atoms with E-state index >= 15 is 0 Å². The van der Waals surface area contributed by atoms with Crippen LogP contribution in [0.3, 0.4) is 0 Å². The van der Waals surface area contributed by atoms with Gasteiger partial charge >= 0.3 is 11.9 Å². The van der Waals surface area contributed by atoms with Gasteiger partial charge in [0, 0.05) is 25.8 Å². The first kappa shape index (κ1) is 9.70. The maximum atomic E-state index is 10.5. The van der Waals surface area contributed by atoms with E-state index in [1.165, 1.54) is 7.85 Å². The molecular formula is C3H5BO4S2. The molecule has 7 heteroatoms. The number of carbonyl (C=O) groups excluding carboxylic acids is 2. The second-order valence-electron chi connectivity index (χ2n) is 1.54. The molecule has 0 unspecified atom stereocenters. The zero-order valence-corrected chi connectivity index (χ0v) is 6.89. The molecule has 10 heavy (non-hydrogen) atoms. The predicted octanol–water partition coefficient (Wildman–Crippen LogP) is -0.816. The first-order valence-corrected chi connectivity index (χ1v) is 3.07. The Morgan fingerprint density at radius 2 is 1.50 bits per heavy atom. The van der Waals surface area contributed by atoms with Crippen molar-refractivity contribution in [2.24, 2.45) is 0 Å². The van der Waals surface area contributed by atoms with Crippen molar-refractivity contribution in [2.45, 2.75) is 5.82 Å². The van der Waals surface area contributed by atoms with E-state index in [-0.39, 0.29) is 0 Å². The average Bonchev–Trinajstić information content (AvgIpc) is 2.00. The highest BCUT2D eigenvalue weighted by Crippen LogP contribution is 2.06. The summed E-state index contributed by atoms with van der Waals surface area (Å²) in [6, 6.07) is 0. The van der Waals surface area contributed by atoms with E-state index in [0.29, 0.717) is 0 Å². The van der Waals surface area contributed by atoms with E-state index < -0.39 is 17.8 Å². The van der Waals surface area contributed by atoms with Crippen LogP contribution in [-0.2, 0) is 18.0 Å². The third-order valence-electron chi connectivity index (χ3n) is 0.887. The van der Waals surface area contributed by atoms with Gasteiger partial charge in [-0.2, -0.15) is 0 Å². The molecule has 0 radical (unpaired) electrons. The molecule has 0 saturated heterocycles. The van der Waals surface area contributed by atoms with Crippen LogP contribution < -0.4 is 0 Å². The van der Waals surface area contributed by atoms with Gasteiger partial charge in [0.1, 0.15) is 13.7 Å². The van der Waals surface area contributed by atoms with Gasteiger partial charge in [0.2, 0.25) is 0 Å². The number of hydrogen-bond donors (Lipinski definition) is 2. The van der Waals surface area contributed by atoms with Gasteiger partial charge < -0.3 is 8.37 Å². The standard InChI is InChI=1S/C3H5BO4S2/c4-1(2(5)7-9)3(6)8-10/h1,9-10H,4H2. The van der Waals surface area contributed by atoms with Crippen LogP contribution in [0.1, 0.15) is 0 Å². The smallest absolute Gasteiger partial charge is 0.323 e. The Labute approximate surface area is 69.9 Å². The summed E-state index contributed by atoms with van der Waals surface area (Å²) in [5.41, 5.74) is 0.